The van der Waals surface area contributed by atoms with Crippen LogP contribution in [-0.2, 0) is 101 Å². The molecule has 2 heterocycles. The van der Waals surface area contributed by atoms with Gasteiger partial charge in [0.25, 0.3) is 0 Å². The molecule has 4 aromatic rings. The van der Waals surface area contributed by atoms with Gasteiger partial charge < -0.3 is 79.8 Å². The minimum absolute atomic E-state index is 0.0158. The zero-order chi connectivity index (χ0) is 103. The number of allylic oxidation sites excluding steroid dienone is 2. The van der Waals surface area contributed by atoms with Crippen molar-refractivity contribution in [1.29, 1.82) is 0 Å². The highest BCUT2D eigenvalue weighted by Gasteiger charge is 2.43. The molecule has 0 saturated carbocycles. The molecule has 0 radical (unpaired) electrons. The van der Waals surface area contributed by atoms with E-state index < -0.39 is 210 Å². The van der Waals surface area contributed by atoms with E-state index in [9.17, 15) is 72.5 Å². The molecule has 0 bridgehead atoms. The van der Waals surface area contributed by atoms with Gasteiger partial charge in [0.1, 0.15) is 35.5 Å². The molecule has 0 spiro atoms. The van der Waals surface area contributed by atoms with E-state index in [1.54, 1.807) is 75.5 Å². The number of phenolic OH excluding ortho intramolecular Hbond substituents is 1. The number of amides is 7. The van der Waals surface area contributed by atoms with Crippen molar-refractivity contribution in [3.63, 3.8) is 0 Å². The summed E-state index contributed by atoms with van der Waals surface area (Å²) in [5.41, 5.74) is 14.3. The van der Waals surface area contributed by atoms with Gasteiger partial charge in [-0.3, -0.25) is 97.5 Å². The van der Waals surface area contributed by atoms with Gasteiger partial charge in [-0.2, -0.15) is 0 Å². The van der Waals surface area contributed by atoms with E-state index in [1.807, 2.05) is 65.0 Å². The summed E-state index contributed by atoms with van der Waals surface area (Å²) < 4.78 is 0. The zero-order valence-corrected chi connectivity index (χ0v) is 83.4. The molecule has 37 nitrogen and oxygen atoms in total. The van der Waals surface area contributed by atoms with Gasteiger partial charge >= 0.3 is 0 Å². The number of primary amides is 1. The molecule has 3 aromatic carbocycles. The molecular weight excluding hydrogens is 1770 g/mol. The second-order valence-electron chi connectivity index (χ2n) is 38.3. The summed E-state index contributed by atoms with van der Waals surface area (Å²) >= 11 is 0. The summed E-state index contributed by atoms with van der Waals surface area (Å²) in [6.07, 6.45) is 7.77. The SMILES string of the molecule is CCCC[C@H](NCN[C@@H](C)C(=O)CCN[C@@H](C)C(=O)CC(=O)[C@]1(C)CCCC=CCCCCCC[C@@](C)(NC(=O)[C@H](Cc2ccccc2)NC(=O)[C@@H](NC(=O)[C@H](CC(C)C)NC(C)=O)[C@@H](C)O)C(=O)CN[C@@H](C)C(=O)CN[C@@H](Cc2ccc(O)cc2)C(=O)N[C@@](C)(Cc2c[nH]c3ccccc23)C(=O)CN[C@@H](C)C(=O)CC(=O)[C@H](CCC(N)=O)NN[C@@H](CC(C)C)C(=O)N1)C(=O)CN[C@@H](C)C(=O)CN. The second kappa shape index (κ2) is 59.7. The molecule has 1 aromatic heterocycles. The number of fused-ring (bicyclic) bond motifs is 1. The van der Waals surface area contributed by atoms with Crippen LogP contribution in [0.2, 0.25) is 0 Å². The monoisotopic (exact) mass is 1930 g/mol. The van der Waals surface area contributed by atoms with Crippen molar-refractivity contribution in [2.75, 3.05) is 45.9 Å². The second-order valence-corrected chi connectivity index (χ2v) is 38.3. The summed E-state index contributed by atoms with van der Waals surface area (Å²) in [5.74, 6) is -10.4. The lowest BCUT2D eigenvalue weighted by Gasteiger charge is -2.33. The first-order valence-corrected chi connectivity index (χ1v) is 48.7. The van der Waals surface area contributed by atoms with Crippen LogP contribution >= 0.6 is 0 Å². The van der Waals surface area contributed by atoms with Crippen LogP contribution in [0.1, 0.15) is 243 Å². The van der Waals surface area contributed by atoms with Crippen LogP contribution in [-0.4, -0.2) is 256 Å². The topological polar surface area (TPSA) is 579 Å². The molecule has 0 aliphatic carbocycles. The molecule has 0 saturated heterocycles. The van der Waals surface area contributed by atoms with Crippen molar-refractivity contribution >= 4 is 110 Å². The van der Waals surface area contributed by atoms with Crippen molar-refractivity contribution in [2.24, 2.45) is 23.3 Å². The van der Waals surface area contributed by atoms with E-state index in [0.29, 0.717) is 68.1 Å². The normalized spacial score (nSPS) is 22.6. The number of aromatic nitrogens is 1. The summed E-state index contributed by atoms with van der Waals surface area (Å²) in [4.78, 5) is 243. The Morgan fingerprint density at radius 3 is 1.84 bits per heavy atom. The number of nitrogens with one attached hydrogen (secondary N) is 16. The summed E-state index contributed by atoms with van der Waals surface area (Å²) in [7, 11) is 0. The van der Waals surface area contributed by atoms with Gasteiger partial charge in [-0.05, 0) is 180 Å². The largest absolute Gasteiger partial charge is 0.508 e. The number of aliphatic hydroxyl groups is 1. The molecule has 0 unspecified atom stereocenters. The number of carbonyl (C=O) groups is 17. The maximum absolute atomic E-state index is 15.2. The Kier molecular flexibility index (Phi) is 50.9. The van der Waals surface area contributed by atoms with Crippen molar-refractivity contribution in [3.8, 4) is 5.75 Å². The van der Waals surface area contributed by atoms with Crippen LogP contribution in [0.25, 0.3) is 10.9 Å². The molecule has 7 amide bonds. The fourth-order valence-electron chi connectivity index (χ4n) is 16.0. The van der Waals surface area contributed by atoms with Gasteiger partial charge in [0, 0.05) is 62.9 Å². The number of ketones is 10. The molecule has 16 atom stereocenters. The minimum atomic E-state index is -1.79. The van der Waals surface area contributed by atoms with Crippen LogP contribution < -0.4 is 91.4 Å². The van der Waals surface area contributed by atoms with Crippen LogP contribution in [0.4, 0.5) is 0 Å². The number of phenols is 1. The first-order valence-electron chi connectivity index (χ1n) is 48.7. The number of aromatic hydroxyl groups is 1. The van der Waals surface area contributed by atoms with Gasteiger partial charge in [-0.1, -0.05) is 140 Å². The molecule has 1 aliphatic heterocycles. The molecular formula is C101H156N18O19. The maximum atomic E-state index is 15.2. The minimum Gasteiger partial charge on any atom is -0.508 e. The van der Waals surface area contributed by atoms with Crippen molar-refractivity contribution in [2.45, 2.75) is 340 Å². The van der Waals surface area contributed by atoms with Crippen molar-refractivity contribution in [1.82, 2.24) is 85.0 Å². The highest BCUT2D eigenvalue weighted by Crippen LogP contribution is 2.27. The highest BCUT2D eigenvalue weighted by atomic mass is 16.3. The molecule has 5 rings (SSSR count). The average molecular weight is 1930 g/mol. The third-order valence-corrected chi connectivity index (χ3v) is 25.2. The predicted octanol–water partition coefficient (Wildman–Crippen LogP) is 3.43. The number of rotatable bonds is 43. The van der Waals surface area contributed by atoms with Gasteiger partial charge in [0.05, 0.1) is 111 Å². The third-order valence-electron chi connectivity index (χ3n) is 25.2. The first-order chi connectivity index (χ1) is 65.2. The molecule has 1 aliphatic rings. The highest BCUT2D eigenvalue weighted by molar-refractivity contribution is 6.07. The van der Waals surface area contributed by atoms with Gasteiger partial charge in [-0.15, -0.1) is 0 Å². The van der Waals surface area contributed by atoms with Gasteiger partial charge in [0.2, 0.25) is 41.4 Å². The molecule has 138 heavy (non-hydrogen) atoms. The molecule has 764 valence electrons. The van der Waals surface area contributed by atoms with E-state index in [0.717, 1.165) is 23.7 Å². The first kappa shape index (κ1) is 118. The summed E-state index contributed by atoms with van der Waals surface area (Å²) in [6.45, 7) is 22.7. The quantitative estimate of drug-likeness (QED) is 0.0171. The van der Waals surface area contributed by atoms with Crippen molar-refractivity contribution < 1.29 is 91.7 Å². The molecule has 22 N–H and O–H groups in total. The molecule has 0 fully saturated rings. The predicted molar refractivity (Wildman–Crippen MR) is 527 cm³/mol. The lowest BCUT2D eigenvalue weighted by molar-refractivity contribution is -0.137. The Morgan fingerprint density at radius 1 is 0.572 bits per heavy atom. The van der Waals surface area contributed by atoms with Gasteiger partial charge in [0.15, 0.2) is 57.8 Å². The Labute approximate surface area is 812 Å². The fourth-order valence-corrected chi connectivity index (χ4v) is 16.0. The lowest BCUT2D eigenvalue weighted by atomic mass is 9.86. The fraction of sp³-hybridized carbons (Fsp3) is 0.614. The number of aliphatic hydroxyl groups excluding tert-OH is 1. The van der Waals surface area contributed by atoms with Crippen LogP contribution in [0.3, 0.4) is 0 Å². The maximum Gasteiger partial charge on any atom is 0.245 e. The standard InChI is InChI=1S/C101H156N18O19/c1-16-17-35-76(88(129)57-105-66(9)86(127)54-102)111-60-110-63(6)82(123)43-46-104-64(7)84(125)52-89(130)99(13)44-30-23-21-19-18-20-22-24-31-45-100(14,115-96(136)80(50-70-32-26-25-27-33-70)113-98(138)93(68(11)120)114-94(134)79(47-61(2)3)112-69(12)121)90(131)58-107-67(10)87(128)56-109-78(49-71-37-39-73(122)40-38-71)95(135)117-101(15,53-72-55-108-75-36-29-28-34-74(72)75)91(132)59-106-65(8)83(124)51-85(126)77(41-42-92(103)133)118-119-81(48-62(4)5)97(137)116-99/h19,21,25-29,32-34,36-40,55,61-68,76-81,93,104-111,118-120,122H,16-18,20,22-24,30-31,35,41-54,56-60,102H2,1-15H3,(H2,103,133)(H,112,121)(H,113,138)(H,114,134)(H,115,136)(H,116,137)(H,117,135)/t63-,64-,65-,66-,67-,68+,76-,77-,78-,79-,80-,81-,93-,99-,100+,101-/m0/s1. The summed E-state index contributed by atoms with van der Waals surface area (Å²) in [5, 5.41) is 60.2. The number of benzene rings is 3. The number of Topliss-reactive ketones (excluding diaryl/α,β-unsaturated/α-hetero) is 10. The number of unbranched alkanes of at least 4 members (excludes halogenated alkanes) is 1. The Balaban J connectivity index is 1.51. The number of hydrogen-bond acceptors (Lipinski definition) is 29. The number of hydrazine groups is 1. The van der Waals surface area contributed by atoms with E-state index >= 15 is 19.2 Å². The Bertz CT molecular complexity index is 4740. The lowest BCUT2D eigenvalue weighted by Crippen LogP contribution is -2.63. The number of hydrogen-bond donors (Lipinski definition) is 20. The number of para-hydroxylation sites is 1. The smallest absolute Gasteiger partial charge is 0.245 e. The van der Waals surface area contributed by atoms with E-state index in [4.69, 9.17) is 11.5 Å². The Hall–Kier alpha value is -10.7. The van der Waals surface area contributed by atoms with E-state index in [-0.39, 0.29) is 125 Å². The Morgan fingerprint density at radius 2 is 1.20 bits per heavy atom. The van der Waals surface area contributed by atoms with Gasteiger partial charge in [-0.25, -0.2) is 10.9 Å². The number of carbonyl (C=O) groups excluding carboxylic acids is 17. The zero-order valence-electron chi connectivity index (χ0n) is 83.4. The number of nitrogens with two attached hydrogens (primary N) is 2. The summed E-state index contributed by atoms with van der Waals surface area (Å²) in [6, 6.07) is 8.99. The van der Waals surface area contributed by atoms with E-state index in [1.165, 1.54) is 60.6 Å². The third kappa shape index (κ3) is 41.0. The van der Waals surface area contributed by atoms with Crippen molar-refractivity contribution in [3.05, 3.63) is 114 Å². The number of aromatic amines is 1. The van der Waals surface area contributed by atoms with Crippen LogP contribution in [0.15, 0.2) is 97.2 Å². The molecule has 37 heteroatoms. The van der Waals surface area contributed by atoms with Crippen LogP contribution in [0, 0.1) is 11.8 Å². The average Bonchev–Trinajstić information content (AvgIpc) is 1.63. The number of H-pyrrole nitrogens is 1. The van der Waals surface area contributed by atoms with Crippen LogP contribution in [0.5, 0.6) is 5.75 Å². The van der Waals surface area contributed by atoms with E-state index in [2.05, 4.69) is 85.0 Å².